The predicted molar refractivity (Wildman–Crippen MR) is 98.7 cm³/mol. The van der Waals surface area contributed by atoms with Crippen molar-refractivity contribution >= 4 is 39.4 Å². The molecule has 7 heteroatoms. The maximum Gasteiger partial charge on any atom is 0.281 e. The van der Waals surface area contributed by atoms with Crippen LogP contribution in [-0.2, 0) is 12.8 Å². The van der Waals surface area contributed by atoms with E-state index in [1.807, 2.05) is 6.07 Å². The van der Waals surface area contributed by atoms with Crippen LogP contribution in [0.2, 0.25) is 0 Å². The molecule has 0 fully saturated rings. The zero-order valence-electron chi connectivity index (χ0n) is 13.4. The molecule has 1 aromatic heterocycles. The summed E-state index contributed by atoms with van der Waals surface area (Å²) >= 11 is 5.01. The number of fused-ring (bicyclic) bond motifs is 1. The molecule has 0 radical (unpaired) electrons. The van der Waals surface area contributed by atoms with E-state index in [-0.39, 0.29) is 5.91 Å². The number of aryl methyl sites for hydroxylation is 2. The molecule has 0 saturated carbocycles. The van der Waals surface area contributed by atoms with Gasteiger partial charge in [0.2, 0.25) is 0 Å². The first kappa shape index (κ1) is 17.0. The summed E-state index contributed by atoms with van der Waals surface area (Å²) in [6.07, 6.45) is 4.91. The first-order valence-electron chi connectivity index (χ1n) is 7.49. The molecule has 0 saturated heterocycles. The summed E-state index contributed by atoms with van der Waals surface area (Å²) in [7, 11) is 3.15. The highest BCUT2D eigenvalue weighted by Crippen LogP contribution is 2.32. The number of ether oxygens (including phenoxy) is 2. The molecule has 1 amide bonds. The van der Waals surface area contributed by atoms with Crippen LogP contribution in [0.5, 0.6) is 11.5 Å². The van der Waals surface area contributed by atoms with Crippen molar-refractivity contribution in [3.63, 3.8) is 0 Å². The lowest BCUT2D eigenvalue weighted by molar-refractivity contribution is 0.0959. The summed E-state index contributed by atoms with van der Waals surface area (Å²) in [6, 6.07) is 5.56. The van der Waals surface area contributed by atoms with Gasteiger partial charge in [0.1, 0.15) is 0 Å². The Balaban J connectivity index is 1.70. The van der Waals surface area contributed by atoms with Crippen molar-refractivity contribution in [2.24, 2.45) is 5.10 Å². The number of halogens is 1. The van der Waals surface area contributed by atoms with E-state index in [0.717, 1.165) is 22.9 Å². The Morgan fingerprint density at radius 2 is 2.00 bits per heavy atom. The highest BCUT2D eigenvalue weighted by Gasteiger charge is 2.18. The number of hydrogen-bond acceptors (Lipinski definition) is 5. The second-order valence-corrected chi connectivity index (χ2v) is 7.33. The van der Waals surface area contributed by atoms with Crippen molar-refractivity contribution in [2.75, 3.05) is 14.2 Å². The Bertz CT molecular complexity index is 780. The topological polar surface area (TPSA) is 59.9 Å². The smallest absolute Gasteiger partial charge is 0.281 e. The van der Waals surface area contributed by atoms with Crippen molar-refractivity contribution in [2.45, 2.75) is 19.3 Å². The number of methoxy groups -OCH3 is 2. The summed E-state index contributed by atoms with van der Waals surface area (Å²) in [5.41, 5.74) is 4.66. The lowest BCUT2D eigenvalue weighted by atomic mass is 10.2. The van der Waals surface area contributed by atoms with Gasteiger partial charge >= 0.3 is 0 Å². The third-order valence-electron chi connectivity index (χ3n) is 3.84. The van der Waals surface area contributed by atoms with Gasteiger partial charge in [0, 0.05) is 14.9 Å². The van der Waals surface area contributed by atoms with Gasteiger partial charge in [-0.25, -0.2) is 5.43 Å². The quantitative estimate of drug-likeness (QED) is 0.604. The van der Waals surface area contributed by atoms with E-state index in [4.69, 9.17) is 9.47 Å². The maximum absolute atomic E-state index is 12.2. The number of nitrogens with zero attached hydrogens (tertiary/aromatic N) is 1. The highest BCUT2D eigenvalue weighted by molar-refractivity contribution is 9.10. The van der Waals surface area contributed by atoms with E-state index in [9.17, 15) is 4.79 Å². The van der Waals surface area contributed by atoms with Gasteiger partial charge in [-0.05, 0) is 59.0 Å². The Morgan fingerprint density at radius 1 is 1.25 bits per heavy atom. The zero-order valence-corrected chi connectivity index (χ0v) is 15.8. The first-order chi connectivity index (χ1) is 11.6. The van der Waals surface area contributed by atoms with E-state index in [0.29, 0.717) is 16.4 Å². The fourth-order valence-corrected chi connectivity index (χ4v) is 4.19. The SMILES string of the molecule is COc1cc(Br)c(/C=N\NC(=O)c2cc3c(s2)CCC3)cc1OC. The third-order valence-corrected chi connectivity index (χ3v) is 5.77. The molecular formula is C17H17BrN2O3S. The average molecular weight is 409 g/mol. The minimum absolute atomic E-state index is 0.178. The number of rotatable bonds is 5. The summed E-state index contributed by atoms with van der Waals surface area (Å²) in [4.78, 5) is 14.2. The molecular weight excluding hydrogens is 392 g/mol. The van der Waals surface area contributed by atoms with Gasteiger partial charge in [-0.15, -0.1) is 11.3 Å². The highest BCUT2D eigenvalue weighted by atomic mass is 79.9. The summed E-state index contributed by atoms with van der Waals surface area (Å²) in [5.74, 6) is 1.05. The van der Waals surface area contributed by atoms with E-state index in [2.05, 4.69) is 26.5 Å². The molecule has 5 nitrogen and oxygen atoms in total. The Labute approximate surface area is 152 Å². The molecule has 0 atom stereocenters. The van der Waals surface area contributed by atoms with Crippen molar-refractivity contribution in [3.8, 4) is 11.5 Å². The van der Waals surface area contributed by atoms with E-state index >= 15 is 0 Å². The molecule has 1 N–H and O–H groups in total. The molecule has 0 spiro atoms. The van der Waals surface area contributed by atoms with Crippen LogP contribution < -0.4 is 14.9 Å². The summed E-state index contributed by atoms with van der Waals surface area (Å²) in [6.45, 7) is 0. The molecule has 3 rings (SSSR count). The van der Waals surface area contributed by atoms with Crippen molar-refractivity contribution < 1.29 is 14.3 Å². The molecule has 1 aliphatic rings. The monoisotopic (exact) mass is 408 g/mol. The van der Waals surface area contributed by atoms with Gasteiger partial charge in [-0.2, -0.15) is 5.10 Å². The van der Waals surface area contributed by atoms with Crippen LogP contribution in [0.4, 0.5) is 0 Å². The number of hydrazone groups is 1. The Morgan fingerprint density at radius 3 is 2.71 bits per heavy atom. The maximum atomic E-state index is 12.2. The number of carbonyl (C=O) groups is 1. The number of hydrogen-bond donors (Lipinski definition) is 1. The van der Waals surface area contributed by atoms with Gasteiger partial charge in [0.05, 0.1) is 25.3 Å². The van der Waals surface area contributed by atoms with Crippen LogP contribution in [-0.4, -0.2) is 26.3 Å². The molecule has 0 unspecified atom stereocenters. The molecule has 126 valence electrons. The van der Waals surface area contributed by atoms with Gasteiger partial charge in [0.15, 0.2) is 11.5 Å². The fourth-order valence-electron chi connectivity index (χ4n) is 2.63. The van der Waals surface area contributed by atoms with E-state index in [1.165, 1.54) is 16.9 Å². The second kappa shape index (κ2) is 7.36. The first-order valence-corrected chi connectivity index (χ1v) is 9.10. The Hall–Kier alpha value is -1.86. The molecule has 1 heterocycles. The average Bonchev–Trinajstić information content (AvgIpc) is 3.17. The van der Waals surface area contributed by atoms with Gasteiger partial charge in [-0.3, -0.25) is 4.79 Å². The van der Waals surface area contributed by atoms with Gasteiger partial charge in [-0.1, -0.05) is 0 Å². The van der Waals surface area contributed by atoms with Gasteiger partial charge in [0.25, 0.3) is 5.91 Å². The zero-order chi connectivity index (χ0) is 17.1. The second-order valence-electron chi connectivity index (χ2n) is 5.34. The lowest BCUT2D eigenvalue weighted by Gasteiger charge is -2.09. The van der Waals surface area contributed by atoms with Crippen LogP contribution in [0.3, 0.4) is 0 Å². The summed E-state index contributed by atoms with van der Waals surface area (Å²) in [5, 5.41) is 4.05. The van der Waals surface area contributed by atoms with Crippen molar-refractivity contribution in [1.82, 2.24) is 5.43 Å². The van der Waals surface area contributed by atoms with Crippen LogP contribution in [0.1, 0.15) is 32.1 Å². The molecule has 0 aliphatic heterocycles. The largest absolute Gasteiger partial charge is 0.493 e. The molecule has 24 heavy (non-hydrogen) atoms. The van der Waals surface area contributed by atoms with E-state index in [1.54, 1.807) is 43.9 Å². The molecule has 2 aromatic rings. The van der Waals surface area contributed by atoms with Crippen LogP contribution in [0.15, 0.2) is 27.8 Å². The minimum atomic E-state index is -0.178. The predicted octanol–water partition coefficient (Wildman–Crippen LogP) is 3.78. The number of amides is 1. The van der Waals surface area contributed by atoms with Crippen molar-refractivity contribution in [1.29, 1.82) is 0 Å². The van der Waals surface area contributed by atoms with E-state index < -0.39 is 0 Å². The number of nitrogens with one attached hydrogen (secondary N) is 1. The Kier molecular flexibility index (Phi) is 5.20. The number of thiophene rings is 1. The van der Waals surface area contributed by atoms with Crippen molar-refractivity contribution in [3.05, 3.63) is 43.6 Å². The minimum Gasteiger partial charge on any atom is -0.493 e. The fraction of sp³-hybridized carbons (Fsp3) is 0.294. The molecule has 0 bridgehead atoms. The van der Waals surface area contributed by atoms with Gasteiger partial charge < -0.3 is 9.47 Å². The van der Waals surface area contributed by atoms with Crippen LogP contribution in [0, 0.1) is 0 Å². The third kappa shape index (κ3) is 3.47. The van der Waals surface area contributed by atoms with Crippen LogP contribution >= 0.6 is 27.3 Å². The normalized spacial score (nSPS) is 13.1. The standard InChI is InChI=1S/C17H17BrN2O3S/c1-22-13-6-11(12(18)8-14(13)23-2)9-19-20-17(21)16-7-10-4-3-5-15(10)24-16/h6-9H,3-5H2,1-2H3,(H,20,21)/b19-9-. The molecule has 1 aliphatic carbocycles. The molecule has 1 aromatic carbocycles. The lowest BCUT2D eigenvalue weighted by Crippen LogP contribution is -2.16. The number of carbonyl (C=O) groups excluding carboxylic acids is 1. The van der Waals surface area contributed by atoms with Crippen LogP contribution in [0.25, 0.3) is 0 Å². The summed E-state index contributed by atoms with van der Waals surface area (Å²) < 4.78 is 11.3. The number of benzene rings is 1.